The second kappa shape index (κ2) is 6.60. The lowest BCUT2D eigenvalue weighted by Crippen LogP contribution is -2.50. The molecule has 1 aromatic heterocycles. The Bertz CT molecular complexity index is 1010. The van der Waals surface area contributed by atoms with Gasteiger partial charge >= 0.3 is 17.9 Å². The van der Waals surface area contributed by atoms with Crippen LogP contribution >= 0.6 is 0 Å². The van der Waals surface area contributed by atoms with Crippen LogP contribution in [0, 0.1) is 0 Å². The van der Waals surface area contributed by atoms with Gasteiger partial charge in [-0.25, -0.2) is 9.59 Å². The van der Waals surface area contributed by atoms with E-state index in [0.29, 0.717) is 5.56 Å². The highest BCUT2D eigenvalue weighted by atomic mass is 19.4. The molecule has 1 aliphatic heterocycles. The molecule has 3 rings (SSSR count). The lowest BCUT2D eigenvalue weighted by molar-refractivity contribution is -0.137. The Morgan fingerprint density at radius 3 is 2.11 bits per heavy atom. The highest BCUT2D eigenvalue weighted by molar-refractivity contribution is 5.92. The molecule has 1 aromatic carbocycles. The SMILES string of the molecule is CCn1c2c(c(=O)n(CC)c1=O)C(c1ccc(C(F)(F)F)cc1)NC(=O)N2. The minimum absolute atomic E-state index is 0.0610. The average Bonchev–Trinajstić information content (AvgIpc) is 2.61. The first-order chi connectivity index (χ1) is 12.7. The molecule has 2 aromatic rings. The molecule has 0 bridgehead atoms. The third-order valence-corrected chi connectivity index (χ3v) is 4.46. The van der Waals surface area contributed by atoms with Gasteiger partial charge < -0.3 is 5.32 Å². The van der Waals surface area contributed by atoms with Crippen LogP contribution in [0.1, 0.15) is 36.6 Å². The van der Waals surface area contributed by atoms with Crippen LogP contribution in [-0.4, -0.2) is 15.2 Å². The number of hydrogen-bond acceptors (Lipinski definition) is 3. The molecule has 1 atom stereocenters. The molecule has 144 valence electrons. The van der Waals surface area contributed by atoms with E-state index in [0.717, 1.165) is 16.7 Å². The van der Waals surface area contributed by atoms with E-state index >= 15 is 0 Å². The van der Waals surface area contributed by atoms with Crippen molar-refractivity contribution in [2.45, 2.75) is 39.2 Å². The molecule has 2 amide bonds. The van der Waals surface area contributed by atoms with E-state index in [9.17, 15) is 27.6 Å². The summed E-state index contributed by atoms with van der Waals surface area (Å²) in [6.07, 6.45) is -4.49. The Hall–Kier alpha value is -3.04. The minimum Gasteiger partial charge on any atom is -0.327 e. The molecule has 0 aliphatic carbocycles. The van der Waals surface area contributed by atoms with Crippen molar-refractivity contribution in [1.82, 2.24) is 14.5 Å². The van der Waals surface area contributed by atoms with Crippen LogP contribution in [-0.2, 0) is 19.3 Å². The highest BCUT2D eigenvalue weighted by Gasteiger charge is 2.34. The number of anilines is 1. The summed E-state index contributed by atoms with van der Waals surface area (Å²) >= 11 is 0. The topological polar surface area (TPSA) is 85.1 Å². The van der Waals surface area contributed by atoms with Gasteiger partial charge in [-0.15, -0.1) is 0 Å². The van der Waals surface area contributed by atoms with Crippen molar-refractivity contribution in [2.75, 3.05) is 5.32 Å². The van der Waals surface area contributed by atoms with Crippen LogP contribution < -0.4 is 21.9 Å². The number of urea groups is 1. The molecule has 2 heterocycles. The van der Waals surface area contributed by atoms with E-state index < -0.39 is 35.1 Å². The predicted octanol–water partition coefficient (Wildman–Crippen LogP) is 2.29. The monoisotopic (exact) mass is 382 g/mol. The van der Waals surface area contributed by atoms with Crippen LogP contribution in [0.25, 0.3) is 0 Å². The molecule has 10 heteroatoms. The summed E-state index contributed by atoms with van der Waals surface area (Å²) in [6.45, 7) is 3.66. The molecule has 0 saturated carbocycles. The van der Waals surface area contributed by atoms with Crippen molar-refractivity contribution in [3.05, 3.63) is 61.8 Å². The zero-order valence-corrected chi connectivity index (χ0v) is 14.6. The Morgan fingerprint density at radius 1 is 1.00 bits per heavy atom. The number of nitrogens with zero attached hydrogens (tertiary/aromatic N) is 2. The summed E-state index contributed by atoms with van der Waals surface area (Å²) < 4.78 is 40.7. The number of fused-ring (bicyclic) bond motifs is 1. The van der Waals surface area contributed by atoms with E-state index in [1.165, 1.54) is 16.7 Å². The van der Waals surface area contributed by atoms with E-state index in [4.69, 9.17) is 0 Å². The third-order valence-electron chi connectivity index (χ3n) is 4.46. The molecule has 7 nitrogen and oxygen atoms in total. The first-order valence-corrected chi connectivity index (χ1v) is 8.31. The summed E-state index contributed by atoms with van der Waals surface area (Å²) in [7, 11) is 0. The number of halogens is 3. The lowest BCUT2D eigenvalue weighted by Gasteiger charge is -2.29. The number of benzene rings is 1. The first-order valence-electron chi connectivity index (χ1n) is 8.31. The largest absolute Gasteiger partial charge is 0.416 e. The molecule has 0 fully saturated rings. The predicted molar refractivity (Wildman–Crippen MR) is 91.8 cm³/mol. The molecule has 1 unspecified atom stereocenters. The van der Waals surface area contributed by atoms with Gasteiger partial charge in [0.2, 0.25) is 0 Å². The normalized spacial score (nSPS) is 16.5. The number of amides is 2. The van der Waals surface area contributed by atoms with Crippen molar-refractivity contribution in [1.29, 1.82) is 0 Å². The van der Waals surface area contributed by atoms with E-state index in [2.05, 4.69) is 10.6 Å². The molecule has 1 aliphatic rings. The van der Waals surface area contributed by atoms with Gasteiger partial charge in [0.05, 0.1) is 17.2 Å². The molecule has 27 heavy (non-hydrogen) atoms. The molecular weight excluding hydrogens is 365 g/mol. The van der Waals surface area contributed by atoms with Crippen LogP contribution in [0.2, 0.25) is 0 Å². The number of alkyl halides is 3. The maximum atomic E-state index is 12.8. The van der Waals surface area contributed by atoms with Gasteiger partial charge in [-0.1, -0.05) is 12.1 Å². The number of carbonyl (C=O) groups is 1. The second-order valence-corrected chi connectivity index (χ2v) is 5.99. The van der Waals surface area contributed by atoms with Gasteiger partial charge in [-0.2, -0.15) is 13.2 Å². The van der Waals surface area contributed by atoms with Crippen LogP contribution in [0.5, 0.6) is 0 Å². The standard InChI is InChI=1S/C17H17F3N4O3/c1-3-23-13-11(14(25)24(4-2)16(23)27)12(21-15(26)22-13)9-5-7-10(8-6-9)17(18,19)20/h5-8,12H,3-4H2,1-2H3,(H2,21,22,26). The summed E-state index contributed by atoms with van der Waals surface area (Å²) in [5, 5.41) is 5.02. The molecule has 2 N–H and O–H groups in total. The van der Waals surface area contributed by atoms with Crippen LogP contribution in [0.15, 0.2) is 33.9 Å². The molecule has 0 saturated heterocycles. The fraction of sp³-hybridized carbons (Fsp3) is 0.353. The lowest BCUT2D eigenvalue weighted by atomic mass is 9.97. The van der Waals surface area contributed by atoms with Gasteiger partial charge in [0.15, 0.2) is 0 Å². The average molecular weight is 382 g/mol. The number of rotatable bonds is 3. The highest BCUT2D eigenvalue weighted by Crippen LogP contribution is 2.32. The number of hydrogen-bond donors (Lipinski definition) is 2. The zero-order valence-electron chi connectivity index (χ0n) is 14.6. The van der Waals surface area contributed by atoms with Crippen molar-refractivity contribution >= 4 is 11.8 Å². The summed E-state index contributed by atoms with van der Waals surface area (Å²) in [5.41, 5.74) is -1.58. The summed E-state index contributed by atoms with van der Waals surface area (Å²) in [4.78, 5) is 37.3. The van der Waals surface area contributed by atoms with Crippen molar-refractivity contribution in [3.63, 3.8) is 0 Å². The Kier molecular flexibility index (Phi) is 4.58. The fourth-order valence-electron chi connectivity index (χ4n) is 3.15. The van der Waals surface area contributed by atoms with Crippen LogP contribution in [0.3, 0.4) is 0 Å². The number of carbonyl (C=O) groups excluding carboxylic acids is 1. The smallest absolute Gasteiger partial charge is 0.327 e. The van der Waals surface area contributed by atoms with Crippen molar-refractivity contribution in [3.8, 4) is 0 Å². The third kappa shape index (κ3) is 3.11. The van der Waals surface area contributed by atoms with Gasteiger partial charge in [0.1, 0.15) is 5.82 Å². The summed E-state index contributed by atoms with van der Waals surface area (Å²) in [6, 6.07) is 2.57. The second-order valence-electron chi connectivity index (χ2n) is 5.99. The fourth-order valence-corrected chi connectivity index (χ4v) is 3.15. The molecule has 0 spiro atoms. The van der Waals surface area contributed by atoms with Gasteiger partial charge in [0, 0.05) is 13.1 Å². The maximum absolute atomic E-state index is 12.8. The Labute approximate surface area is 151 Å². The Balaban J connectivity index is 2.23. The van der Waals surface area contributed by atoms with E-state index in [1.54, 1.807) is 13.8 Å². The molecule has 0 radical (unpaired) electrons. The van der Waals surface area contributed by atoms with Gasteiger partial charge in [0.25, 0.3) is 5.56 Å². The zero-order chi connectivity index (χ0) is 19.9. The van der Waals surface area contributed by atoms with Crippen molar-refractivity contribution < 1.29 is 18.0 Å². The van der Waals surface area contributed by atoms with Crippen molar-refractivity contribution in [2.24, 2.45) is 0 Å². The summed E-state index contributed by atoms with van der Waals surface area (Å²) in [5.74, 6) is 0.0610. The van der Waals surface area contributed by atoms with Gasteiger partial charge in [-0.3, -0.25) is 19.2 Å². The number of nitrogens with one attached hydrogen (secondary N) is 2. The van der Waals surface area contributed by atoms with E-state index in [1.807, 2.05) is 0 Å². The minimum atomic E-state index is -4.49. The van der Waals surface area contributed by atoms with Crippen LogP contribution in [0.4, 0.5) is 23.8 Å². The number of aromatic nitrogens is 2. The van der Waals surface area contributed by atoms with Gasteiger partial charge in [-0.05, 0) is 31.5 Å². The maximum Gasteiger partial charge on any atom is 0.416 e. The quantitative estimate of drug-likeness (QED) is 0.854. The molecular formula is C17H17F3N4O3. The first kappa shape index (κ1) is 18.7. The van der Waals surface area contributed by atoms with E-state index in [-0.39, 0.29) is 24.5 Å². The Morgan fingerprint density at radius 2 is 1.59 bits per heavy atom.